The quantitative estimate of drug-likeness (QED) is 0.897. The minimum atomic E-state index is -4.51. The minimum absolute atomic E-state index is 0.171. The Bertz CT molecular complexity index is 490. The molecule has 104 valence electrons. The van der Waals surface area contributed by atoms with E-state index in [1.807, 2.05) is 0 Å². The molecule has 2 atom stereocenters. The van der Waals surface area contributed by atoms with Crippen LogP contribution in [0.15, 0.2) is 18.2 Å². The van der Waals surface area contributed by atoms with E-state index in [0.717, 1.165) is 0 Å². The lowest BCUT2D eigenvalue weighted by Crippen LogP contribution is -2.33. The van der Waals surface area contributed by atoms with Gasteiger partial charge in [0.25, 0.3) is 0 Å². The number of halogens is 3. The number of alkyl halides is 3. The molecule has 0 radical (unpaired) electrons. The Morgan fingerprint density at radius 3 is 2.58 bits per heavy atom. The van der Waals surface area contributed by atoms with E-state index >= 15 is 0 Å². The van der Waals surface area contributed by atoms with Crippen molar-refractivity contribution in [2.24, 2.45) is 11.8 Å². The van der Waals surface area contributed by atoms with Gasteiger partial charge in [0.15, 0.2) is 0 Å². The second-order valence-corrected chi connectivity index (χ2v) is 4.63. The highest BCUT2D eigenvalue weighted by Crippen LogP contribution is 2.38. The maximum absolute atomic E-state index is 12.8. The molecule has 0 bridgehead atoms. The lowest BCUT2D eigenvalue weighted by Gasteiger charge is -2.19. The zero-order valence-electron chi connectivity index (χ0n) is 10.2. The molecule has 1 aromatic rings. The van der Waals surface area contributed by atoms with Gasteiger partial charge in [-0.2, -0.15) is 13.2 Å². The average molecular weight is 274 g/mol. The van der Waals surface area contributed by atoms with Crippen LogP contribution in [0.25, 0.3) is 0 Å². The Hall–Kier alpha value is -1.79. The average Bonchev–Trinajstić information content (AvgIpc) is 2.73. The van der Waals surface area contributed by atoms with E-state index in [2.05, 4.69) is 4.98 Å². The first kappa shape index (κ1) is 13.6. The molecule has 0 amide bonds. The van der Waals surface area contributed by atoms with Gasteiger partial charge in [0.2, 0.25) is 0 Å². The molecule has 7 heteroatoms. The number of carbonyl (C=O) groups is 1. The Labute approximate surface area is 107 Å². The van der Waals surface area contributed by atoms with Crippen molar-refractivity contribution in [1.29, 1.82) is 0 Å². The SMILES string of the molecule is Cc1cccc(N2C[C@@H](C(F)(F)F)[C@H](C(=O)O)C2)n1. The van der Waals surface area contributed by atoms with Gasteiger partial charge in [-0.15, -0.1) is 0 Å². The molecule has 2 rings (SSSR count). The van der Waals surface area contributed by atoms with Gasteiger partial charge in [-0.1, -0.05) is 6.07 Å². The molecule has 0 unspecified atom stereocenters. The predicted octanol–water partition coefficient (Wildman–Crippen LogP) is 2.09. The van der Waals surface area contributed by atoms with Crippen LogP contribution >= 0.6 is 0 Å². The highest BCUT2D eigenvalue weighted by Gasteiger charge is 2.52. The Morgan fingerprint density at radius 2 is 2.11 bits per heavy atom. The molecule has 2 heterocycles. The van der Waals surface area contributed by atoms with Crippen molar-refractivity contribution in [1.82, 2.24) is 4.98 Å². The van der Waals surface area contributed by atoms with Gasteiger partial charge in [0, 0.05) is 18.8 Å². The Kier molecular flexibility index (Phi) is 3.38. The fourth-order valence-electron chi connectivity index (χ4n) is 2.28. The molecule has 0 spiro atoms. The summed E-state index contributed by atoms with van der Waals surface area (Å²) < 4.78 is 38.5. The van der Waals surface area contributed by atoms with Crippen molar-refractivity contribution in [2.75, 3.05) is 18.0 Å². The maximum atomic E-state index is 12.8. The number of rotatable bonds is 2. The normalized spacial score (nSPS) is 23.7. The van der Waals surface area contributed by atoms with Crippen LogP contribution < -0.4 is 4.90 Å². The van der Waals surface area contributed by atoms with Crippen LogP contribution in [-0.4, -0.2) is 35.3 Å². The summed E-state index contributed by atoms with van der Waals surface area (Å²) in [6.07, 6.45) is -4.51. The number of carboxylic acid groups (broad SMARTS) is 1. The second kappa shape index (κ2) is 4.71. The zero-order chi connectivity index (χ0) is 14.2. The number of aryl methyl sites for hydroxylation is 1. The number of aromatic nitrogens is 1. The highest BCUT2D eigenvalue weighted by molar-refractivity contribution is 5.72. The second-order valence-electron chi connectivity index (χ2n) is 4.63. The number of nitrogens with zero attached hydrogens (tertiary/aromatic N) is 2. The smallest absolute Gasteiger partial charge is 0.394 e. The number of hydrogen-bond acceptors (Lipinski definition) is 3. The van der Waals surface area contributed by atoms with E-state index in [-0.39, 0.29) is 13.1 Å². The van der Waals surface area contributed by atoms with Gasteiger partial charge in [0.1, 0.15) is 5.82 Å². The molecule has 0 saturated carbocycles. The summed E-state index contributed by atoms with van der Waals surface area (Å²) in [7, 11) is 0. The molecule has 0 aliphatic carbocycles. The lowest BCUT2D eigenvalue weighted by molar-refractivity contribution is -0.187. The van der Waals surface area contributed by atoms with Crippen molar-refractivity contribution in [3.05, 3.63) is 23.9 Å². The van der Waals surface area contributed by atoms with Crippen LogP contribution in [0.2, 0.25) is 0 Å². The summed E-state index contributed by atoms with van der Waals surface area (Å²) in [4.78, 5) is 16.5. The van der Waals surface area contributed by atoms with Crippen LogP contribution in [0.1, 0.15) is 5.69 Å². The third kappa shape index (κ3) is 2.80. The number of carboxylic acids is 1. The van der Waals surface area contributed by atoms with Gasteiger partial charge >= 0.3 is 12.1 Å². The van der Waals surface area contributed by atoms with Gasteiger partial charge in [-0.05, 0) is 19.1 Å². The topological polar surface area (TPSA) is 53.4 Å². The number of hydrogen-bond donors (Lipinski definition) is 1. The molecule has 1 aromatic heterocycles. The van der Waals surface area contributed by atoms with E-state index in [1.165, 1.54) is 4.90 Å². The maximum Gasteiger partial charge on any atom is 0.394 e. The highest BCUT2D eigenvalue weighted by atomic mass is 19.4. The lowest BCUT2D eigenvalue weighted by atomic mass is 9.96. The van der Waals surface area contributed by atoms with E-state index < -0.39 is 24.0 Å². The largest absolute Gasteiger partial charge is 0.481 e. The fraction of sp³-hybridized carbons (Fsp3) is 0.500. The number of pyridine rings is 1. The molecular formula is C12H13F3N2O2. The van der Waals surface area contributed by atoms with E-state index in [4.69, 9.17) is 5.11 Å². The van der Waals surface area contributed by atoms with E-state index in [9.17, 15) is 18.0 Å². The van der Waals surface area contributed by atoms with Crippen molar-refractivity contribution >= 4 is 11.8 Å². The summed E-state index contributed by atoms with van der Waals surface area (Å²) in [5, 5.41) is 8.92. The van der Waals surface area contributed by atoms with E-state index in [0.29, 0.717) is 11.5 Å². The summed E-state index contributed by atoms with van der Waals surface area (Å²) in [5.74, 6) is -4.33. The van der Waals surface area contributed by atoms with Gasteiger partial charge in [0.05, 0.1) is 11.8 Å². The monoisotopic (exact) mass is 274 g/mol. The van der Waals surface area contributed by atoms with Crippen LogP contribution in [0.5, 0.6) is 0 Å². The summed E-state index contributed by atoms with van der Waals surface area (Å²) >= 11 is 0. The first-order chi connectivity index (χ1) is 8.79. The van der Waals surface area contributed by atoms with Crippen LogP contribution in [0.3, 0.4) is 0 Å². The van der Waals surface area contributed by atoms with Crippen LogP contribution in [0.4, 0.5) is 19.0 Å². The predicted molar refractivity (Wildman–Crippen MR) is 61.9 cm³/mol. The number of anilines is 1. The third-order valence-corrected chi connectivity index (χ3v) is 3.26. The van der Waals surface area contributed by atoms with Crippen molar-refractivity contribution in [3.8, 4) is 0 Å². The van der Waals surface area contributed by atoms with Gasteiger partial charge < -0.3 is 10.0 Å². The van der Waals surface area contributed by atoms with Crippen molar-refractivity contribution in [2.45, 2.75) is 13.1 Å². The molecule has 1 aliphatic rings. The Balaban J connectivity index is 2.25. The number of aliphatic carboxylic acids is 1. The summed E-state index contributed by atoms with van der Waals surface area (Å²) in [5.41, 5.74) is 0.680. The minimum Gasteiger partial charge on any atom is -0.481 e. The van der Waals surface area contributed by atoms with Crippen molar-refractivity contribution in [3.63, 3.8) is 0 Å². The molecule has 1 saturated heterocycles. The molecule has 4 nitrogen and oxygen atoms in total. The molecule has 1 fully saturated rings. The zero-order valence-corrected chi connectivity index (χ0v) is 10.2. The van der Waals surface area contributed by atoms with Gasteiger partial charge in [-0.25, -0.2) is 4.98 Å². The summed E-state index contributed by atoms with van der Waals surface area (Å²) in [6.45, 7) is 1.20. The molecule has 1 N–H and O–H groups in total. The fourth-order valence-corrected chi connectivity index (χ4v) is 2.28. The van der Waals surface area contributed by atoms with Crippen LogP contribution in [-0.2, 0) is 4.79 Å². The third-order valence-electron chi connectivity index (χ3n) is 3.26. The summed E-state index contributed by atoms with van der Waals surface area (Å²) in [6, 6.07) is 5.01. The first-order valence-corrected chi connectivity index (χ1v) is 5.77. The molecule has 19 heavy (non-hydrogen) atoms. The van der Waals surface area contributed by atoms with Crippen LogP contribution in [0, 0.1) is 18.8 Å². The van der Waals surface area contributed by atoms with E-state index in [1.54, 1.807) is 25.1 Å². The molecule has 0 aromatic carbocycles. The molecular weight excluding hydrogens is 261 g/mol. The standard InChI is InChI=1S/C12H13F3N2O2/c1-7-3-2-4-10(16-7)17-5-8(11(18)19)9(6-17)12(13,14)15/h2-4,8-9H,5-6H2,1H3,(H,18,19)/t8-,9-/m1/s1. The molecule has 1 aliphatic heterocycles. The van der Waals surface area contributed by atoms with Crippen molar-refractivity contribution < 1.29 is 23.1 Å². The van der Waals surface area contributed by atoms with Gasteiger partial charge in [-0.3, -0.25) is 4.79 Å². The Morgan fingerprint density at radius 1 is 1.42 bits per heavy atom. The first-order valence-electron chi connectivity index (χ1n) is 5.77.